The van der Waals surface area contributed by atoms with Crippen molar-refractivity contribution in [1.29, 1.82) is 0 Å². The van der Waals surface area contributed by atoms with E-state index in [2.05, 4.69) is 19.9 Å². The van der Waals surface area contributed by atoms with Crippen LogP contribution in [0.4, 0.5) is 0 Å². The number of thiol groups is 1. The van der Waals surface area contributed by atoms with Gasteiger partial charge in [-0.15, -0.1) is 0 Å². The predicted molar refractivity (Wildman–Crippen MR) is 107 cm³/mol. The minimum Gasteiger partial charge on any atom is -0.356 e. The van der Waals surface area contributed by atoms with Gasteiger partial charge >= 0.3 is 0 Å². The van der Waals surface area contributed by atoms with Crippen LogP contribution < -0.4 is 0 Å². The molecular formula is C20H40OS. The molecule has 0 aliphatic heterocycles. The van der Waals surface area contributed by atoms with Crippen LogP contribution >= 0.6 is 11.4 Å². The summed E-state index contributed by atoms with van der Waals surface area (Å²) < 4.78 is 0. The molecule has 0 aromatic heterocycles. The van der Waals surface area contributed by atoms with Gasteiger partial charge in [-0.2, -0.15) is 11.4 Å². The lowest BCUT2D eigenvalue weighted by Gasteiger charge is -2.00. The van der Waals surface area contributed by atoms with Gasteiger partial charge < -0.3 is 5.11 Å². The average molecular weight is 329 g/mol. The third-order valence-corrected chi connectivity index (χ3v) is 5.04. The van der Waals surface area contributed by atoms with Crippen LogP contribution in [-0.2, 0) is 0 Å². The van der Waals surface area contributed by atoms with Crippen molar-refractivity contribution in [3.05, 3.63) is 12.2 Å². The summed E-state index contributed by atoms with van der Waals surface area (Å²) in [6, 6.07) is 0. The van der Waals surface area contributed by atoms with E-state index in [0.717, 1.165) is 23.5 Å². The number of aliphatic hydroxyl groups excluding tert-OH is 1. The molecule has 0 unspecified atom stereocenters. The number of unbranched alkanes of at least 4 members (excludes halogenated alkanes) is 12. The van der Waals surface area contributed by atoms with E-state index < -0.39 is 0 Å². The molecular weight excluding hydrogens is 288 g/mol. The van der Waals surface area contributed by atoms with Crippen LogP contribution in [-0.4, -0.2) is 15.9 Å². The van der Waals surface area contributed by atoms with Gasteiger partial charge in [0, 0.05) is 0 Å². The van der Waals surface area contributed by atoms with E-state index in [0.29, 0.717) is 5.05 Å². The van der Waals surface area contributed by atoms with Crippen molar-refractivity contribution in [2.45, 2.75) is 104 Å². The highest BCUT2D eigenvalue weighted by Crippen LogP contribution is 2.10. The van der Waals surface area contributed by atoms with Crippen molar-refractivity contribution < 1.29 is 5.11 Å². The quantitative estimate of drug-likeness (QED) is 0.133. The number of rotatable bonds is 16. The van der Waals surface area contributed by atoms with Crippen molar-refractivity contribution in [2.75, 3.05) is 5.75 Å². The zero-order valence-electron chi connectivity index (χ0n) is 15.2. The highest BCUT2D eigenvalue weighted by molar-refractivity contribution is 7.98. The lowest BCUT2D eigenvalue weighted by atomic mass is 10.1. The summed E-state index contributed by atoms with van der Waals surface area (Å²) in [6.45, 7) is 4.52. The van der Waals surface area contributed by atoms with Gasteiger partial charge in [-0.3, -0.25) is 0 Å². The number of aliphatic hydroxyl groups is 1. The van der Waals surface area contributed by atoms with Crippen LogP contribution in [0.25, 0.3) is 0 Å². The summed E-state index contributed by atoms with van der Waals surface area (Å²) in [4.78, 5) is 0. The highest BCUT2D eigenvalue weighted by atomic mass is 32.1. The van der Waals surface area contributed by atoms with Crippen LogP contribution in [0.1, 0.15) is 104 Å². The lowest BCUT2D eigenvalue weighted by Crippen LogP contribution is -1.88. The molecule has 0 aromatic carbocycles. The van der Waals surface area contributed by atoms with E-state index in [-0.39, 0.29) is 0 Å². The van der Waals surface area contributed by atoms with E-state index in [9.17, 15) is 5.11 Å². The molecule has 22 heavy (non-hydrogen) atoms. The molecule has 0 heterocycles. The molecule has 0 aliphatic carbocycles. The molecule has 0 radical (unpaired) electrons. The molecule has 0 aliphatic rings. The van der Waals surface area contributed by atoms with E-state index >= 15 is 0 Å². The molecule has 0 atom stereocenters. The molecule has 0 bridgehead atoms. The summed E-state index contributed by atoms with van der Waals surface area (Å²) in [5.41, 5.74) is 0. The van der Waals surface area contributed by atoms with Gasteiger partial charge in [0.15, 0.2) is 0 Å². The summed E-state index contributed by atoms with van der Waals surface area (Å²) in [7, 11) is 0. The van der Waals surface area contributed by atoms with Gasteiger partial charge in [-0.1, -0.05) is 90.6 Å². The first kappa shape index (κ1) is 21.9. The SMILES string of the molecule is CCCCCCC/C=C/C(O)=[SH]\CCCCCCCCCC. The second kappa shape index (κ2) is 19.0. The Morgan fingerprint density at radius 1 is 0.727 bits per heavy atom. The largest absolute Gasteiger partial charge is 0.356 e. The summed E-state index contributed by atoms with van der Waals surface area (Å²) in [6.07, 6.45) is 22.7. The molecule has 0 amide bonds. The molecule has 1 N–H and O–H groups in total. The maximum atomic E-state index is 9.81. The smallest absolute Gasteiger partial charge is 0.0924 e. The molecule has 1 nitrogen and oxygen atoms in total. The number of hydrogen-bond acceptors (Lipinski definition) is 0. The molecule has 132 valence electrons. The lowest BCUT2D eigenvalue weighted by molar-refractivity contribution is 0.572. The molecule has 0 fully saturated rings. The standard InChI is InChI=1S/C20H40OS/c1-3-5-7-9-11-13-15-17-19-22-20(21)18-16-14-12-10-8-6-4-2/h16,18,21-22H,3-15,17,19H2,1-2H3/b18-16+. The fraction of sp³-hybridized carbons (Fsp3) is 0.850. The zero-order chi connectivity index (χ0) is 16.3. The second-order valence-corrected chi connectivity index (χ2v) is 7.54. The Bertz CT molecular complexity index is 271. The topological polar surface area (TPSA) is 20.2 Å². The van der Waals surface area contributed by atoms with Crippen LogP contribution in [0, 0.1) is 0 Å². The minimum atomic E-state index is 0.552. The van der Waals surface area contributed by atoms with Gasteiger partial charge in [-0.25, -0.2) is 0 Å². The molecule has 0 saturated heterocycles. The van der Waals surface area contributed by atoms with Crippen molar-refractivity contribution in [2.24, 2.45) is 0 Å². The van der Waals surface area contributed by atoms with Gasteiger partial charge in [-0.05, 0) is 31.1 Å². The van der Waals surface area contributed by atoms with Crippen LogP contribution in [0.2, 0.25) is 0 Å². The Morgan fingerprint density at radius 3 is 1.82 bits per heavy atom. The molecule has 0 rings (SSSR count). The number of hydrogen-bond donors (Lipinski definition) is 2. The summed E-state index contributed by atoms with van der Waals surface area (Å²) >= 11 is 1.11. The Kier molecular flexibility index (Phi) is 18.9. The van der Waals surface area contributed by atoms with E-state index in [4.69, 9.17) is 0 Å². The number of allylic oxidation sites excluding steroid dienone is 1. The molecule has 0 spiro atoms. The molecule has 2 heteroatoms. The van der Waals surface area contributed by atoms with Crippen molar-refractivity contribution >= 4 is 16.4 Å². The van der Waals surface area contributed by atoms with Gasteiger partial charge in [0.05, 0.1) is 5.05 Å². The first-order valence-corrected chi connectivity index (χ1v) is 10.8. The molecule has 0 saturated carbocycles. The Morgan fingerprint density at radius 2 is 1.23 bits per heavy atom. The van der Waals surface area contributed by atoms with Gasteiger partial charge in [0.1, 0.15) is 0 Å². The van der Waals surface area contributed by atoms with E-state index in [1.54, 1.807) is 0 Å². The zero-order valence-corrected chi connectivity index (χ0v) is 16.1. The van der Waals surface area contributed by atoms with Gasteiger partial charge in [0.2, 0.25) is 0 Å². The van der Waals surface area contributed by atoms with Crippen molar-refractivity contribution in [3.63, 3.8) is 0 Å². The maximum Gasteiger partial charge on any atom is 0.0924 e. The first-order valence-electron chi connectivity index (χ1n) is 9.71. The third kappa shape index (κ3) is 18.0. The highest BCUT2D eigenvalue weighted by Gasteiger charge is 1.91. The Balaban J connectivity index is 3.37. The normalized spacial score (nSPS) is 12.8. The first-order chi connectivity index (χ1) is 10.8. The third-order valence-electron chi connectivity index (χ3n) is 4.03. The average Bonchev–Trinajstić information content (AvgIpc) is 2.52. The van der Waals surface area contributed by atoms with Crippen LogP contribution in [0.5, 0.6) is 0 Å². The van der Waals surface area contributed by atoms with Crippen molar-refractivity contribution in [3.8, 4) is 0 Å². The van der Waals surface area contributed by atoms with Crippen LogP contribution in [0.3, 0.4) is 0 Å². The van der Waals surface area contributed by atoms with Gasteiger partial charge in [0.25, 0.3) is 0 Å². The van der Waals surface area contributed by atoms with E-state index in [1.807, 2.05) is 6.08 Å². The monoisotopic (exact) mass is 328 g/mol. The van der Waals surface area contributed by atoms with Crippen molar-refractivity contribution in [1.82, 2.24) is 0 Å². The van der Waals surface area contributed by atoms with E-state index in [1.165, 1.54) is 83.5 Å². The second-order valence-electron chi connectivity index (χ2n) is 6.32. The van der Waals surface area contributed by atoms with Crippen LogP contribution in [0.15, 0.2) is 12.2 Å². The Hall–Kier alpha value is -0.0800. The molecule has 0 aromatic rings. The predicted octanol–water partition coefficient (Wildman–Crippen LogP) is 7.20. The Labute approximate surface area is 143 Å². The summed E-state index contributed by atoms with van der Waals surface area (Å²) in [5.74, 6) is 1.11. The summed E-state index contributed by atoms with van der Waals surface area (Å²) in [5, 5.41) is 10.4. The minimum absolute atomic E-state index is 0.552. The fourth-order valence-electron chi connectivity index (χ4n) is 2.55. The maximum absolute atomic E-state index is 9.81. The fourth-order valence-corrected chi connectivity index (χ4v) is 3.37.